The number of aromatic nitrogens is 4. The van der Waals surface area contributed by atoms with Crippen LogP contribution < -0.4 is 13.7 Å². The zero-order valence-corrected chi connectivity index (χ0v) is 7.34. The van der Waals surface area contributed by atoms with E-state index in [1.807, 2.05) is 0 Å². The van der Waals surface area contributed by atoms with Crippen LogP contribution in [0.15, 0.2) is 6.33 Å². The van der Waals surface area contributed by atoms with Gasteiger partial charge in [0.25, 0.3) is 5.88 Å². The van der Waals surface area contributed by atoms with Gasteiger partial charge in [-0.15, -0.1) is 0 Å². The van der Waals surface area contributed by atoms with Gasteiger partial charge in [-0.3, -0.25) is 4.62 Å². The van der Waals surface area contributed by atoms with Gasteiger partial charge in [-0.2, -0.15) is 19.3 Å². The summed E-state index contributed by atoms with van der Waals surface area (Å²) in [5, 5.41) is 0. The first-order valence-electron chi connectivity index (χ1n) is 3.68. The van der Waals surface area contributed by atoms with Gasteiger partial charge in [-0.1, -0.05) is 0 Å². The zero-order valence-electron chi connectivity index (χ0n) is 6.45. The highest BCUT2D eigenvalue weighted by Gasteiger charge is 2.45. The fourth-order valence-corrected chi connectivity index (χ4v) is 2.45. The summed E-state index contributed by atoms with van der Waals surface area (Å²) in [6.07, 6.45) is 1.34. The monoisotopic (exact) mass is 212 g/mol. The van der Waals surface area contributed by atoms with E-state index in [9.17, 15) is 4.57 Å². The van der Waals surface area contributed by atoms with E-state index in [0.717, 1.165) is 0 Å². The molecule has 14 heavy (non-hydrogen) atoms. The lowest BCUT2D eigenvalue weighted by molar-refractivity contribution is 0.165. The Morgan fingerprint density at radius 3 is 3.21 bits per heavy atom. The Kier molecular flexibility index (Phi) is 0.798. The van der Waals surface area contributed by atoms with Gasteiger partial charge in [-0.05, 0) is 0 Å². The second-order valence-corrected chi connectivity index (χ2v) is 4.19. The van der Waals surface area contributed by atoms with Gasteiger partial charge in [0.1, 0.15) is 6.33 Å². The first-order chi connectivity index (χ1) is 6.73. The molecule has 0 aliphatic carbocycles. The van der Waals surface area contributed by atoms with Crippen LogP contribution in [0, 0.1) is 0 Å². The third-order valence-corrected chi connectivity index (χ3v) is 3.06. The second-order valence-electron chi connectivity index (χ2n) is 2.77. The van der Waals surface area contributed by atoms with Gasteiger partial charge in [0.05, 0.1) is 0 Å². The number of rotatable bonds is 0. The molecule has 3 bridgehead atoms. The molecule has 0 spiro atoms. The summed E-state index contributed by atoms with van der Waals surface area (Å²) in [4.78, 5) is 11.7. The van der Waals surface area contributed by atoms with Crippen molar-refractivity contribution < 1.29 is 18.2 Å². The van der Waals surface area contributed by atoms with Crippen molar-refractivity contribution in [3.63, 3.8) is 0 Å². The molecule has 9 heteroatoms. The molecule has 0 saturated heterocycles. The van der Waals surface area contributed by atoms with Crippen LogP contribution >= 0.6 is 7.82 Å². The van der Waals surface area contributed by atoms with Crippen LogP contribution in [0.25, 0.3) is 11.2 Å². The first kappa shape index (κ1) is 6.61. The van der Waals surface area contributed by atoms with Crippen molar-refractivity contribution in [1.82, 2.24) is 19.7 Å². The molecule has 2 aliphatic heterocycles. The predicted octanol–water partition coefficient (Wildman–Crippen LogP) is 0.148. The number of hydrogen-bond acceptors (Lipinski definition) is 7. The van der Waals surface area contributed by atoms with Crippen molar-refractivity contribution in [2.24, 2.45) is 0 Å². The molecular weight excluding hydrogens is 211 g/mol. The molecule has 1 atom stereocenters. The molecule has 0 N–H and O–H groups in total. The minimum absolute atomic E-state index is 0.0352. The van der Waals surface area contributed by atoms with Crippen molar-refractivity contribution in [2.75, 3.05) is 0 Å². The Bertz CT molecular complexity index is 615. The molecule has 8 nitrogen and oxygen atoms in total. The highest BCUT2D eigenvalue weighted by Crippen LogP contribution is 2.53. The first-order valence-corrected chi connectivity index (χ1v) is 5.14. The minimum Gasteiger partial charge on any atom is -0.364 e. The topological polar surface area (TPSA) is 88.4 Å². The third-order valence-electron chi connectivity index (χ3n) is 1.90. The summed E-state index contributed by atoms with van der Waals surface area (Å²) in [5.41, 5.74) is 0.847. The molecule has 0 saturated carbocycles. The Labute approximate surface area is 76.0 Å². The molecule has 0 radical (unpaired) electrons. The standard InChI is InChI=1S/C5HN4O4P/c10-14-11-4-2-3(6-1-9(2)13-14)7-5(8-4)12-14/h1H. The van der Waals surface area contributed by atoms with Gasteiger partial charge in [0, 0.05) is 0 Å². The van der Waals surface area contributed by atoms with Crippen LogP contribution in [0.2, 0.25) is 0 Å². The molecule has 0 fully saturated rings. The molecule has 2 aliphatic rings. The second kappa shape index (κ2) is 1.69. The van der Waals surface area contributed by atoms with Crippen molar-refractivity contribution >= 4 is 19.0 Å². The SMILES string of the molecule is O=P12Oc3nc(c4c(ncn4O1)n3)O2. The van der Waals surface area contributed by atoms with E-state index in [4.69, 9.17) is 13.7 Å². The number of hydrogen-bond donors (Lipinski definition) is 0. The maximum absolute atomic E-state index is 11.7. The van der Waals surface area contributed by atoms with E-state index in [-0.39, 0.29) is 11.9 Å². The predicted molar refractivity (Wildman–Crippen MR) is 40.8 cm³/mol. The van der Waals surface area contributed by atoms with E-state index in [0.29, 0.717) is 11.2 Å². The maximum atomic E-state index is 11.7. The van der Waals surface area contributed by atoms with Gasteiger partial charge >= 0.3 is 13.8 Å². The number of fused-ring (bicyclic) bond motifs is 2. The molecule has 2 aromatic rings. The van der Waals surface area contributed by atoms with Crippen LogP contribution in [0.3, 0.4) is 0 Å². The molecule has 0 aromatic carbocycles. The van der Waals surface area contributed by atoms with Crippen LogP contribution in [-0.4, -0.2) is 19.7 Å². The normalized spacial score (nSPS) is 26.0. The van der Waals surface area contributed by atoms with Gasteiger partial charge in [-0.25, -0.2) is 4.98 Å². The average molecular weight is 212 g/mol. The minimum atomic E-state index is -3.61. The summed E-state index contributed by atoms with van der Waals surface area (Å²) in [5.74, 6) is 0.184. The van der Waals surface area contributed by atoms with Crippen molar-refractivity contribution in [3.8, 4) is 11.9 Å². The molecule has 2 aromatic heterocycles. The maximum Gasteiger partial charge on any atom is 0.670 e. The molecule has 0 amide bonds. The van der Waals surface area contributed by atoms with E-state index in [2.05, 4.69) is 15.0 Å². The largest absolute Gasteiger partial charge is 0.670 e. The molecule has 4 rings (SSSR count). The van der Waals surface area contributed by atoms with Gasteiger partial charge in [0.2, 0.25) is 0 Å². The van der Waals surface area contributed by atoms with E-state index in [1.54, 1.807) is 0 Å². The van der Waals surface area contributed by atoms with Crippen molar-refractivity contribution in [1.29, 1.82) is 0 Å². The molecule has 4 heterocycles. The Hall–Kier alpha value is -1.82. The Morgan fingerprint density at radius 1 is 1.36 bits per heavy atom. The lowest BCUT2D eigenvalue weighted by Gasteiger charge is -2.25. The number of phosphoric ester groups is 1. The summed E-state index contributed by atoms with van der Waals surface area (Å²) in [7, 11) is -3.61. The lowest BCUT2D eigenvalue weighted by atomic mass is 10.5. The highest BCUT2D eigenvalue weighted by molar-refractivity contribution is 7.49. The van der Waals surface area contributed by atoms with E-state index in [1.165, 1.54) is 11.1 Å². The fourth-order valence-electron chi connectivity index (χ4n) is 1.38. The average Bonchev–Trinajstić information content (AvgIpc) is 2.46. The van der Waals surface area contributed by atoms with Crippen molar-refractivity contribution in [2.45, 2.75) is 0 Å². The molecular formula is C5HN4O4P. The summed E-state index contributed by atoms with van der Waals surface area (Å²) < 4.78 is 27.6. The Balaban J connectivity index is 2.32. The summed E-state index contributed by atoms with van der Waals surface area (Å²) in [6.45, 7) is 0. The van der Waals surface area contributed by atoms with Crippen LogP contribution in [0.5, 0.6) is 11.9 Å². The van der Waals surface area contributed by atoms with Crippen molar-refractivity contribution in [3.05, 3.63) is 6.33 Å². The highest BCUT2D eigenvalue weighted by atomic mass is 31.2. The van der Waals surface area contributed by atoms with E-state index >= 15 is 0 Å². The van der Waals surface area contributed by atoms with Crippen LogP contribution in [0.4, 0.5) is 0 Å². The lowest BCUT2D eigenvalue weighted by Crippen LogP contribution is -2.24. The summed E-state index contributed by atoms with van der Waals surface area (Å²) >= 11 is 0. The van der Waals surface area contributed by atoms with Crippen LogP contribution in [0.1, 0.15) is 0 Å². The summed E-state index contributed by atoms with van der Waals surface area (Å²) in [6, 6.07) is -0.0352. The smallest absolute Gasteiger partial charge is 0.364 e. The van der Waals surface area contributed by atoms with Gasteiger partial charge in [0.15, 0.2) is 11.2 Å². The van der Waals surface area contributed by atoms with Crippen LogP contribution in [-0.2, 0) is 4.57 Å². The number of phosphoric acid groups is 1. The fraction of sp³-hybridized carbons (Fsp3) is 0. The zero-order chi connectivity index (χ0) is 9.34. The van der Waals surface area contributed by atoms with Gasteiger partial charge < -0.3 is 9.05 Å². The number of nitrogens with zero attached hydrogens (tertiary/aromatic N) is 4. The van der Waals surface area contributed by atoms with E-state index < -0.39 is 7.82 Å². The third kappa shape index (κ3) is 0.589. The molecule has 70 valence electrons. The Morgan fingerprint density at radius 2 is 2.29 bits per heavy atom. The molecule has 1 unspecified atom stereocenters. The quantitative estimate of drug-likeness (QED) is 0.574. The number of imidazole rings is 1.